The van der Waals surface area contributed by atoms with Crippen molar-refractivity contribution in [2.75, 3.05) is 5.32 Å². The molecule has 0 saturated heterocycles. The molecule has 0 bridgehead atoms. The molecule has 1 atom stereocenters. The van der Waals surface area contributed by atoms with Gasteiger partial charge in [0.15, 0.2) is 11.4 Å². The lowest BCUT2D eigenvalue weighted by molar-refractivity contribution is -0.115. The van der Waals surface area contributed by atoms with E-state index in [4.69, 9.17) is 4.98 Å². The lowest BCUT2D eigenvalue weighted by Gasteiger charge is -2.14. The lowest BCUT2D eigenvalue weighted by atomic mass is 10.1. The molecule has 2 heterocycles. The number of ketones is 1. The van der Waals surface area contributed by atoms with Crippen molar-refractivity contribution in [1.82, 2.24) is 19.7 Å². The van der Waals surface area contributed by atoms with E-state index in [1.807, 2.05) is 41.8 Å². The van der Waals surface area contributed by atoms with E-state index in [2.05, 4.69) is 22.1 Å². The van der Waals surface area contributed by atoms with Crippen LogP contribution in [0.5, 0.6) is 0 Å². The fraction of sp³-hybridized carbons (Fsp3) is 0.208. The number of thioether (sulfide) groups is 1. The number of carbonyl (C=O) groups excluding carboxylic acids is 2. The molecule has 32 heavy (non-hydrogen) atoms. The maximum absolute atomic E-state index is 12.8. The second-order valence-corrected chi connectivity index (χ2v) is 8.49. The number of aromatic nitrogens is 4. The number of amides is 1. The highest BCUT2D eigenvalue weighted by atomic mass is 32.2. The average molecular weight is 446 g/mol. The van der Waals surface area contributed by atoms with Gasteiger partial charge in [-0.05, 0) is 43.7 Å². The summed E-state index contributed by atoms with van der Waals surface area (Å²) >= 11 is 1.29. The smallest absolute Gasteiger partial charge is 0.237 e. The van der Waals surface area contributed by atoms with Crippen LogP contribution in [0.4, 0.5) is 5.69 Å². The van der Waals surface area contributed by atoms with Crippen molar-refractivity contribution < 1.29 is 9.59 Å². The van der Waals surface area contributed by atoms with Gasteiger partial charge in [-0.3, -0.25) is 9.59 Å². The molecule has 7 nitrogen and oxygen atoms in total. The number of fused-ring (bicyclic) bond motifs is 3. The Labute approximate surface area is 189 Å². The largest absolute Gasteiger partial charge is 0.325 e. The second kappa shape index (κ2) is 9.32. The number of benzene rings is 2. The van der Waals surface area contributed by atoms with Gasteiger partial charge in [-0.15, -0.1) is 16.8 Å². The number of anilines is 1. The van der Waals surface area contributed by atoms with Crippen molar-refractivity contribution in [2.45, 2.75) is 37.2 Å². The topological polar surface area (TPSA) is 89.8 Å². The Morgan fingerprint density at radius 1 is 1.16 bits per heavy atom. The minimum absolute atomic E-state index is 0.0150. The number of nitrogens with one attached hydrogen (secondary N) is 1. The Morgan fingerprint density at radius 3 is 2.59 bits per heavy atom. The molecule has 0 saturated carbocycles. The van der Waals surface area contributed by atoms with E-state index >= 15 is 0 Å². The van der Waals surface area contributed by atoms with Crippen LogP contribution in [-0.4, -0.2) is 36.7 Å². The number of nitrogens with zero attached hydrogens (tertiary/aromatic N) is 4. The molecular weight excluding hydrogens is 422 g/mol. The Kier molecular flexibility index (Phi) is 6.32. The first kappa shape index (κ1) is 21.7. The van der Waals surface area contributed by atoms with Crippen LogP contribution in [0.25, 0.3) is 22.1 Å². The molecule has 0 fully saturated rings. The number of allylic oxidation sites excluding steroid dienone is 1. The van der Waals surface area contributed by atoms with Gasteiger partial charge in [-0.25, -0.2) is 4.98 Å². The molecule has 0 aliphatic rings. The fourth-order valence-corrected chi connectivity index (χ4v) is 4.33. The van der Waals surface area contributed by atoms with Gasteiger partial charge in [-0.1, -0.05) is 43.0 Å². The van der Waals surface area contributed by atoms with Gasteiger partial charge in [-0.2, -0.15) is 0 Å². The molecule has 0 aliphatic carbocycles. The van der Waals surface area contributed by atoms with Crippen molar-refractivity contribution in [3.8, 4) is 0 Å². The molecule has 2 aromatic carbocycles. The Morgan fingerprint density at radius 2 is 1.91 bits per heavy atom. The SMILES string of the molecule is C=CCn1c2ccccc2c2nnc(S[C@H](CC)C(=O)Nc3ccc(C(C)=O)cc3)nc21. The summed E-state index contributed by atoms with van der Waals surface area (Å²) in [5, 5.41) is 12.6. The Bertz CT molecular complexity index is 1310. The first-order valence-electron chi connectivity index (χ1n) is 10.3. The van der Waals surface area contributed by atoms with Crippen LogP contribution in [-0.2, 0) is 11.3 Å². The standard InChI is InChI=1S/C24H23N5O2S/c1-4-14-29-19-9-7-6-8-18(19)21-22(29)26-24(28-27-21)32-20(5-2)23(31)25-17-12-10-16(11-13-17)15(3)30/h4,6-13,20H,1,5,14H2,2-3H3,(H,25,31)/t20-/m1/s1. The summed E-state index contributed by atoms with van der Waals surface area (Å²) in [5.74, 6) is -0.165. The summed E-state index contributed by atoms with van der Waals surface area (Å²) in [6.07, 6.45) is 2.42. The molecular formula is C24H23N5O2S. The molecule has 1 N–H and O–H groups in total. The van der Waals surface area contributed by atoms with Gasteiger partial charge in [0.05, 0.1) is 10.8 Å². The zero-order valence-electron chi connectivity index (χ0n) is 17.9. The molecule has 0 aliphatic heterocycles. The lowest BCUT2D eigenvalue weighted by Crippen LogP contribution is -2.25. The predicted octanol–water partition coefficient (Wildman–Crippen LogP) is 4.88. The summed E-state index contributed by atoms with van der Waals surface area (Å²) in [6, 6.07) is 14.8. The summed E-state index contributed by atoms with van der Waals surface area (Å²) in [6.45, 7) is 7.90. The first-order valence-corrected chi connectivity index (χ1v) is 11.2. The van der Waals surface area contributed by atoms with Crippen molar-refractivity contribution in [2.24, 2.45) is 0 Å². The zero-order valence-corrected chi connectivity index (χ0v) is 18.7. The number of hydrogen-bond donors (Lipinski definition) is 1. The Hall–Kier alpha value is -3.52. The maximum Gasteiger partial charge on any atom is 0.237 e. The quantitative estimate of drug-likeness (QED) is 0.236. The third-order valence-electron chi connectivity index (χ3n) is 5.14. The van der Waals surface area contributed by atoms with Gasteiger partial charge >= 0.3 is 0 Å². The Balaban J connectivity index is 1.58. The monoisotopic (exact) mass is 445 g/mol. The van der Waals surface area contributed by atoms with Crippen LogP contribution in [0.15, 0.2) is 66.3 Å². The second-order valence-electron chi connectivity index (χ2n) is 7.32. The van der Waals surface area contributed by atoms with Crippen molar-refractivity contribution >= 4 is 51.2 Å². The van der Waals surface area contributed by atoms with Gasteiger partial charge in [0.2, 0.25) is 11.1 Å². The number of hydrogen-bond acceptors (Lipinski definition) is 6. The molecule has 0 radical (unpaired) electrons. The number of para-hydroxylation sites is 1. The van der Waals surface area contributed by atoms with Crippen molar-refractivity contribution in [3.05, 3.63) is 66.7 Å². The van der Waals surface area contributed by atoms with Gasteiger partial charge in [0.1, 0.15) is 5.52 Å². The third-order valence-corrected chi connectivity index (χ3v) is 6.35. The van der Waals surface area contributed by atoms with Gasteiger partial charge in [0, 0.05) is 23.2 Å². The highest BCUT2D eigenvalue weighted by Gasteiger charge is 2.21. The molecule has 8 heteroatoms. The summed E-state index contributed by atoms with van der Waals surface area (Å²) < 4.78 is 2.05. The molecule has 162 valence electrons. The van der Waals surface area contributed by atoms with Gasteiger partial charge < -0.3 is 9.88 Å². The fourth-order valence-electron chi connectivity index (χ4n) is 3.51. The van der Waals surface area contributed by atoms with Crippen LogP contribution < -0.4 is 5.32 Å². The van der Waals surface area contributed by atoms with Gasteiger partial charge in [0.25, 0.3) is 0 Å². The molecule has 2 aromatic heterocycles. The van der Waals surface area contributed by atoms with E-state index in [9.17, 15) is 9.59 Å². The third kappa shape index (κ3) is 4.27. The van der Waals surface area contributed by atoms with Crippen molar-refractivity contribution in [1.29, 1.82) is 0 Å². The van der Waals surface area contributed by atoms with Crippen LogP contribution in [0.2, 0.25) is 0 Å². The molecule has 0 spiro atoms. The van der Waals surface area contributed by atoms with E-state index in [-0.39, 0.29) is 16.9 Å². The number of Topliss-reactive ketones (excluding diaryl/α,β-unsaturated/α-hetero) is 1. The van der Waals surface area contributed by atoms with E-state index in [1.165, 1.54) is 18.7 Å². The normalized spacial score (nSPS) is 12.1. The highest BCUT2D eigenvalue weighted by Crippen LogP contribution is 2.29. The minimum Gasteiger partial charge on any atom is -0.325 e. The molecule has 0 unspecified atom stereocenters. The number of carbonyl (C=O) groups is 2. The van der Waals surface area contributed by atoms with Crippen LogP contribution in [0, 0.1) is 0 Å². The summed E-state index contributed by atoms with van der Waals surface area (Å²) in [7, 11) is 0. The molecule has 1 amide bonds. The maximum atomic E-state index is 12.8. The number of rotatable bonds is 8. The van der Waals surface area contributed by atoms with Crippen LogP contribution in [0.3, 0.4) is 0 Å². The minimum atomic E-state index is -0.390. The molecule has 4 rings (SSSR count). The summed E-state index contributed by atoms with van der Waals surface area (Å²) in [5.41, 5.74) is 3.71. The summed E-state index contributed by atoms with van der Waals surface area (Å²) in [4.78, 5) is 29.0. The predicted molar refractivity (Wildman–Crippen MR) is 128 cm³/mol. The van der Waals surface area contributed by atoms with Crippen molar-refractivity contribution in [3.63, 3.8) is 0 Å². The van der Waals surface area contributed by atoms with E-state index in [0.717, 1.165) is 22.1 Å². The average Bonchev–Trinajstić information content (AvgIpc) is 3.11. The first-order chi connectivity index (χ1) is 15.5. The molecule has 4 aromatic rings. The van der Waals surface area contributed by atoms with Crippen LogP contribution >= 0.6 is 11.8 Å². The van der Waals surface area contributed by atoms with E-state index in [0.29, 0.717) is 29.4 Å². The van der Waals surface area contributed by atoms with E-state index < -0.39 is 0 Å². The highest BCUT2D eigenvalue weighted by molar-refractivity contribution is 8.00. The van der Waals surface area contributed by atoms with Crippen LogP contribution in [0.1, 0.15) is 30.6 Å². The van der Waals surface area contributed by atoms with E-state index in [1.54, 1.807) is 24.3 Å². The zero-order chi connectivity index (χ0) is 22.7.